The summed E-state index contributed by atoms with van der Waals surface area (Å²) < 4.78 is 5.84. The highest BCUT2D eigenvalue weighted by atomic mass is 79.9. The minimum atomic E-state index is -0.199. The summed E-state index contributed by atoms with van der Waals surface area (Å²) in [5, 5.41) is 3.36. The number of benzene rings is 1. The quantitative estimate of drug-likeness (QED) is 0.855. The number of ether oxygens (including phenoxy) is 1. The van der Waals surface area contributed by atoms with Crippen LogP contribution in [0.1, 0.15) is 15.9 Å². The van der Waals surface area contributed by atoms with Crippen molar-refractivity contribution in [1.82, 2.24) is 10.3 Å². The van der Waals surface area contributed by atoms with Gasteiger partial charge in [0, 0.05) is 28.9 Å². The molecule has 104 valence electrons. The Balaban J connectivity index is 2.11. The Morgan fingerprint density at radius 3 is 2.95 bits per heavy atom. The van der Waals surface area contributed by atoms with Crippen LogP contribution in [0.2, 0.25) is 5.02 Å². The molecule has 1 aromatic carbocycles. The summed E-state index contributed by atoms with van der Waals surface area (Å²) in [6, 6.07) is 8.65. The van der Waals surface area contributed by atoms with Crippen molar-refractivity contribution in [2.45, 2.75) is 6.54 Å². The second-order valence-corrected chi connectivity index (χ2v) is 5.19. The van der Waals surface area contributed by atoms with E-state index in [-0.39, 0.29) is 5.91 Å². The van der Waals surface area contributed by atoms with Crippen molar-refractivity contribution >= 4 is 33.4 Å². The fourth-order valence-electron chi connectivity index (χ4n) is 1.72. The molecule has 0 aliphatic rings. The number of rotatable bonds is 4. The molecule has 0 fully saturated rings. The Hall–Kier alpha value is -1.59. The van der Waals surface area contributed by atoms with Crippen molar-refractivity contribution in [3.63, 3.8) is 0 Å². The molecule has 0 saturated heterocycles. The highest BCUT2D eigenvalue weighted by molar-refractivity contribution is 9.10. The lowest BCUT2D eigenvalue weighted by Gasteiger charge is -2.11. The SMILES string of the molecule is COc1cccc(Cl)c1CNC(=O)c1ccnc(Br)c1. The highest BCUT2D eigenvalue weighted by Crippen LogP contribution is 2.25. The van der Waals surface area contributed by atoms with Gasteiger partial charge >= 0.3 is 0 Å². The average molecular weight is 356 g/mol. The fourth-order valence-corrected chi connectivity index (χ4v) is 2.31. The zero-order valence-corrected chi connectivity index (χ0v) is 13.0. The lowest BCUT2D eigenvalue weighted by molar-refractivity contribution is 0.0950. The molecule has 1 heterocycles. The number of hydrogen-bond donors (Lipinski definition) is 1. The summed E-state index contributed by atoms with van der Waals surface area (Å²) in [6.45, 7) is 0.293. The third kappa shape index (κ3) is 3.49. The van der Waals surface area contributed by atoms with Crippen LogP contribution in [0, 0.1) is 0 Å². The maximum absolute atomic E-state index is 12.0. The van der Waals surface area contributed by atoms with Gasteiger partial charge in [-0.25, -0.2) is 4.98 Å². The highest BCUT2D eigenvalue weighted by Gasteiger charge is 2.11. The predicted octanol–water partition coefficient (Wildman–Crippen LogP) is 3.44. The minimum absolute atomic E-state index is 0.199. The lowest BCUT2D eigenvalue weighted by Crippen LogP contribution is -2.23. The smallest absolute Gasteiger partial charge is 0.251 e. The molecule has 0 aliphatic carbocycles. The summed E-state index contributed by atoms with van der Waals surface area (Å²) in [5.74, 6) is 0.448. The number of nitrogens with one attached hydrogen (secondary N) is 1. The molecular formula is C14H12BrClN2O2. The Morgan fingerprint density at radius 1 is 1.45 bits per heavy atom. The van der Waals surface area contributed by atoms with Crippen molar-refractivity contribution in [2.75, 3.05) is 7.11 Å². The van der Waals surface area contributed by atoms with Gasteiger partial charge in [0.2, 0.25) is 0 Å². The number of nitrogens with zero attached hydrogens (tertiary/aromatic N) is 1. The van der Waals surface area contributed by atoms with E-state index in [1.54, 1.807) is 43.6 Å². The van der Waals surface area contributed by atoms with Gasteiger partial charge in [-0.15, -0.1) is 0 Å². The summed E-state index contributed by atoms with van der Waals surface area (Å²) in [4.78, 5) is 16.0. The molecule has 6 heteroatoms. The van der Waals surface area contributed by atoms with Gasteiger partial charge in [0.1, 0.15) is 10.4 Å². The first kappa shape index (κ1) is 14.8. The van der Waals surface area contributed by atoms with Gasteiger partial charge in [0.05, 0.1) is 7.11 Å². The molecule has 1 amide bonds. The van der Waals surface area contributed by atoms with Crippen LogP contribution in [0.3, 0.4) is 0 Å². The summed E-state index contributed by atoms with van der Waals surface area (Å²) >= 11 is 9.34. The van der Waals surface area contributed by atoms with E-state index >= 15 is 0 Å². The molecule has 20 heavy (non-hydrogen) atoms. The first-order chi connectivity index (χ1) is 9.61. The summed E-state index contributed by atoms with van der Waals surface area (Å²) in [5.41, 5.74) is 1.27. The van der Waals surface area contributed by atoms with Crippen LogP contribution in [0.15, 0.2) is 41.1 Å². The van der Waals surface area contributed by atoms with Gasteiger partial charge in [-0.05, 0) is 40.2 Å². The molecule has 0 saturated carbocycles. The van der Waals surface area contributed by atoms with E-state index in [4.69, 9.17) is 16.3 Å². The van der Waals surface area contributed by atoms with Crippen LogP contribution in [0.5, 0.6) is 5.75 Å². The van der Waals surface area contributed by atoms with Gasteiger partial charge in [0.25, 0.3) is 5.91 Å². The largest absolute Gasteiger partial charge is 0.496 e. The number of hydrogen-bond acceptors (Lipinski definition) is 3. The van der Waals surface area contributed by atoms with Gasteiger partial charge < -0.3 is 10.1 Å². The van der Waals surface area contributed by atoms with Crippen LogP contribution in [-0.2, 0) is 6.54 Å². The van der Waals surface area contributed by atoms with Gasteiger partial charge in [-0.3, -0.25) is 4.79 Å². The first-order valence-corrected chi connectivity index (χ1v) is 7.00. The van der Waals surface area contributed by atoms with E-state index in [1.807, 2.05) is 0 Å². The molecule has 1 aromatic heterocycles. The summed E-state index contributed by atoms with van der Waals surface area (Å²) in [7, 11) is 1.57. The Kier molecular flexibility index (Phi) is 4.98. The molecule has 1 N–H and O–H groups in total. The van der Waals surface area contributed by atoms with Gasteiger partial charge in [0.15, 0.2) is 0 Å². The number of amides is 1. The number of halogens is 2. The standard InChI is InChI=1S/C14H12BrClN2O2/c1-20-12-4-2-3-11(16)10(12)8-18-14(19)9-5-6-17-13(15)7-9/h2-7H,8H2,1H3,(H,18,19). The molecule has 0 bridgehead atoms. The number of pyridine rings is 1. The van der Waals surface area contributed by atoms with E-state index in [0.717, 1.165) is 5.56 Å². The topological polar surface area (TPSA) is 51.2 Å². The fraction of sp³-hybridized carbons (Fsp3) is 0.143. The normalized spacial score (nSPS) is 10.2. The second-order valence-electron chi connectivity index (χ2n) is 3.97. The van der Waals surface area contributed by atoms with Crippen LogP contribution in [-0.4, -0.2) is 18.0 Å². The number of aromatic nitrogens is 1. The maximum Gasteiger partial charge on any atom is 0.251 e. The van der Waals surface area contributed by atoms with Crippen molar-refractivity contribution in [3.8, 4) is 5.75 Å². The molecule has 0 spiro atoms. The first-order valence-electron chi connectivity index (χ1n) is 5.83. The third-order valence-electron chi connectivity index (χ3n) is 2.71. The predicted molar refractivity (Wildman–Crippen MR) is 81.1 cm³/mol. The molecule has 0 aliphatic heterocycles. The molecular weight excluding hydrogens is 344 g/mol. The monoisotopic (exact) mass is 354 g/mol. The number of carbonyl (C=O) groups is 1. The molecule has 4 nitrogen and oxygen atoms in total. The zero-order chi connectivity index (χ0) is 14.5. The molecule has 0 radical (unpaired) electrons. The number of carbonyl (C=O) groups excluding carboxylic acids is 1. The van der Waals surface area contributed by atoms with Crippen molar-refractivity contribution < 1.29 is 9.53 Å². The van der Waals surface area contributed by atoms with E-state index in [1.165, 1.54) is 0 Å². The van der Waals surface area contributed by atoms with Crippen LogP contribution < -0.4 is 10.1 Å². The molecule has 2 aromatic rings. The Morgan fingerprint density at radius 2 is 2.25 bits per heavy atom. The lowest BCUT2D eigenvalue weighted by atomic mass is 10.2. The molecule has 2 rings (SSSR count). The minimum Gasteiger partial charge on any atom is -0.496 e. The average Bonchev–Trinajstić information content (AvgIpc) is 2.45. The van der Waals surface area contributed by atoms with Gasteiger partial charge in [-0.2, -0.15) is 0 Å². The van der Waals surface area contributed by atoms with Crippen molar-refractivity contribution in [1.29, 1.82) is 0 Å². The Labute approximate surface area is 130 Å². The number of methoxy groups -OCH3 is 1. The van der Waals surface area contributed by atoms with E-state index < -0.39 is 0 Å². The van der Waals surface area contributed by atoms with E-state index in [2.05, 4.69) is 26.2 Å². The van der Waals surface area contributed by atoms with Crippen molar-refractivity contribution in [3.05, 3.63) is 57.3 Å². The maximum atomic E-state index is 12.0. The second kappa shape index (κ2) is 6.72. The van der Waals surface area contributed by atoms with E-state index in [9.17, 15) is 4.79 Å². The van der Waals surface area contributed by atoms with Gasteiger partial charge in [-0.1, -0.05) is 17.7 Å². The summed E-state index contributed by atoms with van der Waals surface area (Å²) in [6.07, 6.45) is 1.56. The zero-order valence-electron chi connectivity index (χ0n) is 10.7. The molecule has 0 unspecified atom stereocenters. The van der Waals surface area contributed by atoms with Crippen molar-refractivity contribution in [2.24, 2.45) is 0 Å². The Bertz CT molecular complexity index is 634. The van der Waals surface area contributed by atoms with E-state index in [0.29, 0.717) is 27.5 Å². The third-order valence-corrected chi connectivity index (χ3v) is 3.50. The van der Waals surface area contributed by atoms with Crippen LogP contribution >= 0.6 is 27.5 Å². The van der Waals surface area contributed by atoms with Crippen LogP contribution in [0.25, 0.3) is 0 Å². The molecule has 0 atom stereocenters. The van der Waals surface area contributed by atoms with Crippen LogP contribution in [0.4, 0.5) is 0 Å².